The van der Waals surface area contributed by atoms with Crippen molar-refractivity contribution in [3.05, 3.63) is 52.4 Å². The number of amides is 2. The summed E-state index contributed by atoms with van der Waals surface area (Å²) in [6.07, 6.45) is 2.71. The molecule has 7 heteroatoms. The first kappa shape index (κ1) is 21.1. The highest BCUT2D eigenvalue weighted by Crippen LogP contribution is 2.33. The van der Waals surface area contributed by atoms with Crippen LogP contribution in [0.4, 0.5) is 5.69 Å². The maximum absolute atomic E-state index is 13.1. The summed E-state index contributed by atoms with van der Waals surface area (Å²) in [4.78, 5) is 28.2. The standard InChI is InChI=1S/C22H26N2O4S/c1-3-4-12-28-13-7-11-24-21(25)19(18-10-6-14-29-18)20(22(24)26)23-16-8-5-9-17(15-16)27-2/h5-6,8-10,14-15,23H,3-4,7,11-13H2,1-2H3. The molecule has 154 valence electrons. The molecule has 1 aliphatic rings. The minimum atomic E-state index is -0.310. The highest BCUT2D eigenvalue weighted by molar-refractivity contribution is 7.11. The summed E-state index contributed by atoms with van der Waals surface area (Å²) in [6, 6.07) is 11.0. The second kappa shape index (κ2) is 10.2. The van der Waals surface area contributed by atoms with E-state index in [1.54, 1.807) is 13.2 Å². The Morgan fingerprint density at radius 1 is 1.07 bits per heavy atom. The van der Waals surface area contributed by atoms with Gasteiger partial charge in [0.1, 0.15) is 11.4 Å². The molecule has 0 atom stereocenters. The third kappa shape index (κ3) is 5.05. The third-order valence-electron chi connectivity index (χ3n) is 4.59. The van der Waals surface area contributed by atoms with Crippen LogP contribution in [0.5, 0.6) is 5.75 Å². The van der Waals surface area contributed by atoms with Crippen LogP contribution in [0, 0.1) is 0 Å². The SMILES string of the molecule is CCCCOCCCN1C(=O)C(Nc2cccc(OC)c2)=C(c2cccs2)C1=O. The van der Waals surface area contributed by atoms with Gasteiger partial charge >= 0.3 is 0 Å². The minimum absolute atomic E-state index is 0.267. The molecule has 1 N–H and O–H groups in total. The summed E-state index contributed by atoms with van der Waals surface area (Å²) in [5, 5.41) is 5.04. The van der Waals surface area contributed by atoms with Gasteiger partial charge in [-0.3, -0.25) is 14.5 Å². The second-order valence-corrected chi connectivity index (χ2v) is 7.61. The minimum Gasteiger partial charge on any atom is -0.497 e. The second-order valence-electron chi connectivity index (χ2n) is 6.67. The highest BCUT2D eigenvalue weighted by atomic mass is 32.1. The molecule has 1 aliphatic heterocycles. The van der Waals surface area contributed by atoms with Crippen LogP contribution >= 0.6 is 11.3 Å². The first-order chi connectivity index (χ1) is 14.2. The van der Waals surface area contributed by atoms with E-state index in [-0.39, 0.29) is 11.8 Å². The van der Waals surface area contributed by atoms with Crippen LogP contribution < -0.4 is 10.1 Å². The summed E-state index contributed by atoms with van der Waals surface area (Å²) < 4.78 is 10.8. The van der Waals surface area contributed by atoms with Crippen molar-refractivity contribution in [1.29, 1.82) is 0 Å². The lowest BCUT2D eigenvalue weighted by molar-refractivity contribution is -0.137. The third-order valence-corrected chi connectivity index (χ3v) is 5.47. The molecule has 29 heavy (non-hydrogen) atoms. The molecule has 0 radical (unpaired) electrons. The van der Waals surface area contributed by atoms with Crippen LogP contribution in [0.25, 0.3) is 5.57 Å². The molecular formula is C22H26N2O4S. The largest absolute Gasteiger partial charge is 0.497 e. The number of benzene rings is 1. The fourth-order valence-electron chi connectivity index (χ4n) is 3.06. The number of carbonyl (C=O) groups excluding carboxylic acids is 2. The molecule has 1 aromatic heterocycles. The smallest absolute Gasteiger partial charge is 0.278 e. The quantitative estimate of drug-likeness (QED) is 0.442. The van der Waals surface area contributed by atoms with E-state index < -0.39 is 0 Å². The zero-order valence-corrected chi connectivity index (χ0v) is 17.6. The number of hydrogen-bond acceptors (Lipinski definition) is 6. The van der Waals surface area contributed by atoms with Gasteiger partial charge in [-0.25, -0.2) is 0 Å². The van der Waals surface area contributed by atoms with E-state index in [4.69, 9.17) is 9.47 Å². The van der Waals surface area contributed by atoms with Crippen molar-refractivity contribution in [2.45, 2.75) is 26.2 Å². The number of ether oxygens (including phenoxy) is 2. The van der Waals surface area contributed by atoms with Crippen LogP contribution in [0.15, 0.2) is 47.5 Å². The van der Waals surface area contributed by atoms with Crippen LogP contribution in [-0.4, -0.2) is 43.6 Å². The number of nitrogens with zero attached hydrogens (tertiary/aromatic N) is 1. The topological polar surface area (TPSA) is 67.9 Å². The Balaban J connectivity index is 1.77. The lowest BCUT2D eigenvalue weighted by atomic mass is 10.2. The number of methoxy groups -OCH3 is 1. The van der Waals surface area contributed by atoms with Gasteiger partial charge in [0.2, 0.25) is 0 Å². The van der Waals surface area contributed by atoms with Gasteiger partial charge in [-0.1, -0.05) is 25.5 Å². The zero-order valence-electron chi connectivity index (χ0n) is 16.8. The van der Waals surface area contributed by atoms with Crippen LogP contribution in [0.1, 0.15) is 31.1 Å². The molecule has 0 aliphatic carbocycles. The molecule has 2 aromatic rings. The van der Waals surface area contributed by atoms with Crippen LogP contribution in [-0.2, 0) is 14.3 Å². The Morgan fingerprint density at radius 3 is 2.62 bits per heavy atom. The Kier molecular flexibility index (Phi) is 7.43. The van der Waals surface area contributed by atoms with Gasteiger partial charge in [-0.05, 0) is 36.4 Å². The number of rotatable bonds is 11. The number of anilines is 1. The summed E-state index contributed by atoms with van der Waals surface area (Å²) in [7, 11) is 1.59. The lowest BCUT2D eigenvalue weighted by Gasteiger charge is -2.15. The van der Waals surface area contributed by atoms with Gasteiger partial charge in [-0.2, -0.15) is 0 Å². The summed E-state index contributed by atoms with van der Waals surface area (Å²) in [5.41, 5.74) is 1.41. The van der Waals surface area contributed by atoms with E-state index in [2.05, 4.69) is 12.2 Å². The van der Waals surface area contributed by atoms with Crippen molar-refractivity contribution in [2.24, 2.45) is 0 Å². The predicted molar refractivity (Wildman–Crippen MR) is 115 cm³/mol. The summed E-state index contributed by atoms with van der Waals surface area (Å²) in [6.45, 7) is 3.69. The number of thiophene rings is 1. The van der Waals surface area contributed by atoms with Crippen LogP contribution in [0.2, 0.25) is 0 Å². The van der Waals surface area contributed by atoms with E-state index in [0.717, 1.165) is 17.7 Å². The van der Waals surface area contributed by atoms with E-state index in [0.29, 0.717) is 48.9 Å². The van der Waals surface area contributed by atoms with E-state index in [1.807, 2.05) is 35.7 Å². The maximum atomic E-state index is 13.1. The number of nitrogens with one attached hydrogen (secondary N) is 1. The Labute approximate surface area is 175 Å². The Hall–Kier alpha value is -2.64. The Bertz CT molecular complexity index is 877. The molecule has 0 bridgehead atoms. The molecule has 0 saturated carbocycles. The van der Waals surface area contributed by atoms with Crippen molar-refractivity contribution >= 4 is 34.4 Å². The molecule has 3 rings (SSSR count). The molecule has 6 nitrogen and oxygen atoms in total. The summed E-state index contributed by atoms with van der Waals surface area (Å²) in [5.74, 6) is 0.0947. The molecule has 2 heterocycles. The molecule has 0 spiro atoms. The lowest BCUT2D eigenvalue weighted by Crippen LogP contribution is -2.34. The number of carbonyl (C=O) groups is 2. The molecule has 2 amide bonds. The van der Waals surface area contributed by atoms with E-state index in [1.165, 1.54) is 16.2 Å². The van der Waals surface area contributed by atoms with Crippen molar-refractivity contribution in [1.82, 2.24) is 4.90 Å². The highest BCUT2D eigenvalue weighted by Gasteiger charge is 2.39. The van der Waals surface area contributed by atoms with Gasteiger partial charge < -0.3 is 14.8 Å². The van der Waals surface area contributed by atoms with Crippen molar-refractivity contribution in [3.63, 3.8) is 0 Å². The van der Waals surface area contributed by atoms with Gasteiger partial charge in [0.15, 0.2) is 0 Å². The number of hydrogen-bond donors (Lipinski definition) is 1. The van der Waals surface area contributed by atoms with E-state index >= 15 is 0 Å². The van der Waals surface area contributed by atoms with E-state index in [9.17, 15) is 9.59 Å². The Morgan fingerprint density at radius 2 is 1.90 bits per heavy atom. The van der Waals surface area contributed by atoms with Gasteiger partial charge in [0.05, 0.1) is 12.7 Å². The van der Waals surface area contributed by atoms with Crippen molar-refractivity contribution in [2.75, 3.05) is 32.2 Å². The maximum Gasteiger partial charge on any atom is 0.278 e. The average Bonchev–Trinajstić information content (AvgIpc) is 3.33. The summed E-state index contributed by atoms with van der Waals surface area (Å²) >= 11 is 1.44. The molecular weight excluding hydrogens is 388 g/mol. The number of unbranched alkanes of at least 4 members (excludes halogenated alkanes) is 1. The van der Waals surface area contributed by atoms with Crippen molar-refractivity contribution < 1.29 is 19.1 Å². The normalized spacial score (nSPS) is 14.1. The fourth-order valence-corrected chi connectivity index (χ4v) is 3.83. The first-order valence-electron chi connectivity index (χ1n) is 9.79. The van der Waals surface area contributed by atoms with Gasteiger partial charge in [0.25, 0.3) is 11.8 Å². The monoisotopic (exact) mass is 414 g/mol. The van der Waals surface area contributed by atoms with Crippen LogP contribution in [0.3, 0.4) is 0 Å². The van der Waals surface area contributed by atoms with Crippen molar-refractivity contribution in [3.8, 4) is 5.75 Å². The first-order valence-corrected chi connectivity index (χ1v) is 10.7. The molecule has 0 saturated heterocycles. The van der Waals surface area contributed by atoms with Gasteiger partial charge in [0, 0.05) is 36.4 Å². The molecule has 0 unspecified atom stereocenters. The van der Waals surface area contributed by atoms with Gasteiger partial charge in [-0.15, -0.1) is 11.3 Å². The zero-order chi connectivity index (χ0) is 20.6. The number of imide groups is 1. The molecule has 0 fully saturated rings. The molecule has 1 aromatic carbocycles. The average molecular weight is 415 g/mol. The predicted octanol–water partition coefficient (Wildman–Crippen LogP) is 4.16. The fraction of sp³-hybridized carbons (Fsp3) is 0.364.